The smallest absolute Gasteiger partial charge is 0.0912 e. The van der Waals surface area contributed by atoms with E-state index in [0.29, 0.717) is 0 Å². The van der Waals surface area contributed by atoms with Gasteiger partial charge in [0.05, 0.1) is 12.1 Å². The van der Waals surface area contributed by atoms with E-state index in [-0.39, 0.29) is 0 Å². The van der Waals surface area contributed by atoms with Gasteiger partial charge in [-0.3, -0.25) is 0 Å². The second-order valence-electron chi connectivity index (χ2n) is 2.52. The molecule has 0 aromatic heterocycles. The normalized spacial score (nSPS) is 12.6. The minimum atomic E-state index is 1.41. The molecular weight excluding hydrogens is 196 g/mol. The van der Waals surface area contributed by atoms with Crippen LogP contribution in [0.2, 0.25) is 0 Å². The quantitative estimate of drug-likeness (QED) is 0.513. The van der Waals surface area contributed by atoms with Gasteiger partial charge in [0.15, 0.2) is 0 Å². The van der Waals surface area contributed by atoms with Crippen molar-refractivity contribution in [3.63, 3.8) is 0 Å². The Balaban J connectivity index is 3.81. The van der Waals surface area contributed by atoms with Crippen LogP contribution in [-0.2, 0) is 0 Å². The number of allylic oxidation sites excluding steroid dienone is 12. The molecule has 0 fully saturated rings. The number of nitriles is 2. The van der Waals surface area contributed by atoms with E-state index < -0.39 is 0 Å². The first-order valence-electron chi connectivity index (χ1n) is 4.69. The largest absolute Gasteiger partial charge is 0.193 e. The average Bonchev–Trinajstić information content (AvgIpc) is 2.31. The Kier molecular flexibility index (Phi) is 10.4. The first kappa shape index (κ1) is 13.4. The summed E-state index contributed by atoms with van der Waals surface area (Å²) in [4.78, 5) is 0. The molecule has 2 nitrogen and oxygen atoms in total. The zero-order valence-corrected chi connectivity index (χ0v) is 8.82. The molecule has 0 aromatic rings. The summed E-state index contributed by atoms with van der Waals surface area (Å²) in [5, 5.41) is 16.4. The van der Waals surface area contributed by atoms with Crippen LogP contribution in [0.25, 0.3) is 0 Å². The van der Waals surface area contributed by atoms with Gasteiger partial charge in [-0.1, -0.05) is 60.8 Å². The van der Waals surface area contributed by atoms with Crippen molar-refractivity contribution in [3.8, 4) is 12.1 Å². The molecule has 0 unspecified atom stereocenters. The van der Waals surface area contributed by atoms with E-state index in [9.17, 15) is 0 Å². The Labute approximate surface area is 96.1 Å². The predicted molar refractivity (Wildman–Crippen MR) is 66.1 cm³/mol. The summed E-state index contributed by atoms with van der Waals surface area (Å²) in [5.74, 6) is 0. The van der Waals surface area contributed by atoms with Crippen LogP contribution in [0.15, 0.2) is 72.9 Å². The molecule has 0 spiro atoms. The Hall–Kier alpha value is -2.58. The summed E-state index contributed by atoms with van der Waals surface area (Å²) in [7, 11) is 0. The van der Waals surface area contributed by atoms with Gasteiger partial charge >= 0.3 is 0 Å². The van der Waals surface area contributed by atoms with Gasteiger partial charge in [0.2, 0.25) is 0 Å². The van der Waals surface area contributed by atoms with E-state index in [1.165, 1.54) is 12.2 Å². The van der Waals surface area contributed by atoms with E-state index in [2.05, 4.69) is 0 Å². The molecule has 0 atom stereocenters. The Morgan fingerprint density at radius 3 is 0.938 bits per heavy atom. The van der Waals surface area contributed by atoms with Crippen LogP contribution >= 0.6 is 0 Å². The molecule has 0 saturated heterocycles. The monoisotopic (exact) mass is 208 g/mol. The van der Waals surface area contributed by atoms with Crippen LogP contribution in [0.5, 0.6) is 0 Å². The lowest BCUT2D eigenvalue weighted by atomic mass is 10.3. The summed E-state index contributed by atoms with van der Waals surface area (Å²) in [6, 6.07) is 3.79. The van der Waals surface area contributed by atoms with Crippen LogP contribution in [0.4, 0.5) is 0 Å². The molecule has 16 heavy (non-hydrogen) atoms. The summed E-state index contributed by atoms with van der Waals surface area (Å²) in [6.07, 6.45) is 20.8. The maximum atomic E-state index is 8.19. The highest BCUT2D eigenvalue weighted by Gasteiger charge is 1.64. The van der Waals surface area contributed by atoms with Crippen molar-refractivity contribution < 1.29 is 0 Å². The third-order valence-corrected chi connectivity index (χ3v) is 1.34. The van der Waals surface area contributed by atoms with Gasteiger partial charge in [0, 0.05) is 12.2 Å². The van der Waals surface area contributed by atoms with Crippen LogP contribution in [0.1, 0.15) is 0 Å². The third-order valence-electron chi connectivity index (χ3n) is 1.34. The molecule has 0 aliphatic rings. The fourth-order valence-corrected chi connectivity index (χ4v) is 0.710. The van der Waals surface area contributed by atoms with Crippen LogP contribution in [0.3, 0.4) is 0 Å². The average molecular weight is 208 g/mol. The fraction of sp³-hybridized carbons (Fsp3) is 0. The van der Waals surface area contributed by atoms with E-state index >= 15 is 0 Å². The molecule has 0 heterocycles. The Morgan fingerprint density at radius 1 is 0.438 bits per heavy atom. The molecule has 0 aliphatic carbocycles. The number of hydrogen-bond donors (Lipinski definition) is 0. The zero-order chi connectivity index (χ0) is 11.9. The molecule has 0 bridgehead atoms. The molecule has 0 aliphatic heterocycles. The maximum absolute atomic E-state index is 8.19. The molecule has 0 radical (unpaired) electrons. The van der Waals surface area contributed by atoms with Crippen molar-refractivity contribution in [1.29, 1.82) is 10.5 Å². The number of hydrogen-bond acceptors (Lipinski definition) is 2. The first-order valence-corrected chi connectivity index (χ1v) is 4.69. The number of nitrogens with zero attached hydrogens (tertiary/aromatic N) is 2. The van der Waals surface area contributed by atoms with Crippen molar-refractivity contribution >= 4 is 0 Å². The Bertz CT molecular complexity index is 377. The molecule has 2 heteroatoms. The lowest BCUT2D eigenvalue weighted by Gasteiger charge is -1.73. The lowest BCUT2D eigenvalue weighted by molar-refractivity contribution is 1.53. The predicted octanol–water partition coefficient (Wildman–Crippen LogP) is 3.37. The van der Waals surface area contributed by atoms with E-state index in [4.69, 9.17) is 10.5 Å². The molecule has 0 amide bonds. The summed E-state index contributed by atoms with van der Waals surface area (Å²) >= 11 is 0. The fourth-order valence-electron chi connectivity index (χ4n) is 0.710. The van der Waals surface area contributed by atoms with Crippen molar-refractivity contribution in [2.75, 3.05) is 0 Å². The standard InChI is InChI=1S/C14H12N2/c15-13-11-9-7-5-3-1-2-4-6-8-10-12-14-16/h1-12H/b3-1+,4-2+,7-5+,8-6+,11-9+,12-10+. The molecule has 0 N–H and O–H groups in total. The molecular formula is C14H12N2. The molecule has 0 saturated carbocycles. The van der Waals surface area contributed by atoms with Crippen molar-refractivity contribution in [2.45, 2.75) is 0 Å². The van der Waals surface area contributed by atoms with E-state index in [1.54, 1.807) is 24.3 Å². The van der Waals surface area contributed by atoms with Gasteiger partial charge in [0.1, 0.15) is 0 Å². The molecule has 0 rings (SSSR count). The van der Waals surface area contributed by atoms with Gasteiger partial charge in [-0.2, -0.15) is 10.5 Å². The summed E-state index contributed by atoms with van der Waals surface area (Å²) in [5.41, 5.74) is 0. The van der Waals surface area contributed by atoms with Crippen molar-refractivity contribution in [2.24, 2.45) is 0 Å². The van der Waals surface area contributed by atoms with Gasteiger partial charge in [-0.25, -0.2) is 0 Å². The maximum Gasteiger partial charge on any atom is 0.0912 e. The first-order chi connectivity index (χ1) is 7.91. The lowest BCUT2D eigenvalue weighted by Crippen LogP contribution is -1.52. The highest BCUT2D eigenvalue weighted by atomic mass is 14.2. The highest BCUT2D eigenvalue weighted by molar-refractivity contribution is 5.21. The summed E-state index contributed by atoms with van der Waals surface area (Å²) in [6.45, 7) is 0. The van der Waals surface area contributed by atoms with Crippen LogP contribution < -0.4 is 0 Å². The second kappa shape index (κ2) is 12.4. The highest BCUT2D eigenvalue weighted by Crippen LogP contribution is 1.84. The van der Waals surface area contributed by atoms with Crippen LogP contribution in [0, 0.1) is 22.7 Å². The van der Waals surface area contributed by atoms with Gasteiger partial charge in [-0.05, 0) is 0 Å². The minimum Gasteiger partial charge on any atom is -0.193 e. The van der Waals surface area contributed by atoms with E-state index in [1.807, 2.05) is 48.6 Å². The summed E-state index contributed by atoms with van der Waals surface area (Å²) < 4.78 is 0. The topological polar surface area (TPSA) is 47.6 Å². The molecule has 78 valence electrons. The van der Waals surface area contributed by atoms with Crippen molar-refractivity contribution in [1.82, 2.24) is 0 Å². The van der Waals surface area contributed by atoms with E-state index in [0.717, 1.165) is 0 Å². The second-order valence-corrected chi connectivity index (χ2v) is 2.52. The van der Waals surface area contributed by atoms with Crippen LogP contribution in [-0.4, -0.2) is 0 Å². The van der Waals surface area contributed by atoms with Gasteiger partial charge in [0.25, 0.3) is 0 Å². The third kappa shape index (κ3) is 11.4. The van der Waals surface area contributed by atoms with Gasteiger partial charge in [-0.15, -0.1) is 0 Å². The van der Waals surface area contributed by atoms with Crippen molar-refractivity contribution in [3.05, 3.63) is 72.9 Å². The zero-order valence-electron chi connectivity index (χ0n) is 8.82. The molecule has 0 aromatic carbocycles. The number of rotatable bonds is 5. The van der Waals surface area contributed by atoms with Gasteiger partial charge < -0.3 is 0 Å². The Morgan fingerprint density at radius 2 is 0.688 bits per heavy atom. The SMILES string of the molecule is N#C/C=C/C=C/C=C/C=C/C=C/C=C/C#N. The minimum absolute atomic E-state index is 1.41.